The molecule has 6 aliphatic rings. The zero-order chi connectivity index (χ0) is 19.7. The van der Waals surface area contributed by atoms with Gasteiger partial charge in [-0.2, -0.15) is 0 Å². The Morgan fingerprint density at radius 1 is 0.167 bits per heavy atom. The molecule has 0 radical (unpaired) electrons. The van der Waals surface area contributed by atoms with Crippen LogP contribution in [0.25, 0.3) is 0 Å². The van der Waals surface area contributed by atoms with Crippen LogP contribution in [0.5, 0.6) is 0 Å². The third kappa shape index (κ3) is 2.52. The number of hydrogen-bond donors (Lipinski definition) is 0. The van der Waals surface area contributed by atoms with Crippen LogP contribution in [-0.4, -0.2) is 0 Å². The SMILES string of the molecule is C1Cc2c3c4c5c6c2CCCc2c(c(c(c(c2CCC6)CCC5)CCC4)CCC3)C1. The molecule has 156 valence electrons. The molecule has 0 heteroatoms. The van der Waals surface area contributed by atoms with Crippen LogP contribution in [0, 0.1) is 0 Å². The second kappa shape index (κ2) is 6.98. The average molecular weight is 397 g/mol. The minimum atomic E-state index is 1.36. The molecule has 0 unspecified atom stereocenters. The molecule has 2 aromatic carbocycles. The Labute approximate surface area is 182 Å². The largest absolute Gasteiger partial charge is 0.0451 e. The standard InChI is InChI=1S/C30H36/c1-7-19-21-9-2-10-22-20(8-1)24-12-3-11-23(19)27-15-5-16-28(24)30-18-6-17-29(27)25(21)13-4-14-26(22)30/h1-18H2. The second-order valence-corrected chi connectivity index (χ2v) is 10.9. The van der Waals surface area contributed by atoms with E-state index in [4.69, 9.17) is 0 Å². The van der Waals surface area contributed by atoms with Crippen LogP contribution in [0.15, 0.2) is 0 Å². The van der Waals surface area contributed by atoms with E-state index < -0.39 is 0 Å². The zero-order valence-corrected chi connectivity index (χ0v) is 18.7. The summed E-state index contributed by atoms with van der Waals surface area (Å²) in [6, 6.07) is 0. The van der Waals surface area contributed by atoms with Gasteiger partial charge < -0.3 is 0 Å². The van der Waals surface area contributed by atoms with Crippen LogP contribution in [0.3, 0.4) is 0 Å². The van der Waals surface area contributed by atoms with Crippen LogP contribution < -0.4 is 0 Å². The molecule has 0 amide bonds. The quantitative estimate of drug-likeness (QED) is 0.490. The van der Waals surface area contributed by atoms with Crippen LogP contribution in [0.2, 0.25) is 0 Å². The van der Waals surface area contributed by atoms with E-state index in [9.17, 15) is 0 Å². The van der Waals surface area contributed by atoms with E-state index in [0.717, 1.165) is 0 Å². The summed E-state index contributed by atoms with van der Waals surface area (Å²) < 4.78 is 0. The van der Waals surface area contributed by atoms with E-state index in [1.165, 1.54) is 116 Å². The van der Waals surface area contributed by atoms with Gasteiger partial charge in [0.2, 0.25) is 0 Å². The molecule has 0 aromatic heterocycles. The molecule has 8 rings (SSSR count). The first-order valence-electron chi connectivity index (χ1n) is 13.2. The lowest BCUT2D eigenvalue weighted by Gasteiger charge is -2.36. The summed E-state index contributed by atoms with van der Waals surface area (Å²) in [5, 5.41) is 0. The highest BCUT2D eigenvalue weighted by Gasteiger charge is 2.31. The van der Waals surface area contributed by atoms with Gasteiger partial charge in [-0.25, -0.2) is 0 Å². The van der Waals surface area contributed by atoms with Crippen molar-refractivity contribution >= 4 is 0 Å². The van der Waals surface area contributed by atoms with Gasteiger partial charge >= 0.3 is 0 Å². The molecule has 0 spiro atoms. The molecule has 0 nitrogen and oxygen atoms in total. The fourth-order valence-electron chi connectivity index (χ4n) is 8.46. The summed E-state index contributed by atoms with van der Waals surface area (Å²) in [4.78, 5) is 0. The molecule has 0 N–H and O–H groups in total. The first kappa shape index (κ1) is 18.1. The van der Waals surface area contributed by atoms with Crippen molar-refractivity contribution in [3.8, 4) is 0 Å². The molecule has 12 bridgehead atoms. The zero-order valence-electron chi connectivity index (χ0n) is 18.7. The molecule has 0 heterocycles. The van der Waals surface area contributed by atoms with Gasteiger partial charge in [0.05, 0.1) is 0 Å². The van der Waals surface area contributed by atoms with Gasteiger partial charge in [0.25, 0.3) is 0 Å². The Morgan fingerprint density at radius 3 is 0.367 bits per heavy atom. The fraction of sp³-hybridized carbons (Fsp3) is 0.600. The Kier molecular flexibility index (Phi) is 4.20. The predicted octanol–water partition coefficient (Wildman–Crippen LogP) is 6.31. The highest BCUT2D eigenvalue weighted by molar-refractivity contribution is 5.58. The lowest BCUT2D eigenvalue weighted by Crippen LogP contribution is -2.24. The summed E-state index contributed by atoms with van der Waals surface area (Å²) in [7, 11) is 0. The van der Waals surface area contributed by atoms with Gasteiger partial charge in [-0.05, 0) is 182 Å². The number of rotatable bonds is 0. The van der Waals surface area contributed by atoms with Crippen molar-refractivity contribution in [2.45, 2.75) is 116 Å². The Hall–Kier alpha value is -1.56. The molecule has 2 aromatic rings. The van der Waals surface area contributed by atoms with E-state index in [-0.39, 0.29) is 0 Å². The van der Waals surface area contributed by atoms with Gasteiger partial charge in [0.1, 0.15) is 0 Å². The molecular formula is C30H36. The Bertz CT molecular complexity index is 715. The van der Waals surface area contributed by atoms with Crippen LogP contribution in [-0.2, 0) is 77.0 Å². The van der Waals surface area contributed by atoms with E-state index in [1.807, 2.05) is 66.8 Å². The van der Waals surface area contributed by atoms with Crippen molar-refractivity contribution in [2.75, 3.05) is 0 Å². The van der Waals surface area contributed by atoms with Gasteiger partial charge in [-0.15, -0.1) is 0 Å². The summed E-state index contributed by atoms with van der Waals surface area (Å²) in [6.07, 6.45) is 24.6. The van der Waals surface area contributed by atoms with Gasteiger partial charge in [0, 0.05) is 0 Å². The summed E-state index contributed by atoms with van der Waals surface area (Å²) >= 11 is 0. The molecule has 0 saturated heterocycles. The number of benzene rings is 2. The maximum atomic E-state index is 1.87. The van der Waals surface area contributed by atoms with E-state index in [0.29, 0.717) is 0 Å². The Morgan fingerprint density at radius 2 is 0.267 bits per heavy atom. The molecule has 0 saturated carbocycles. The highest BCUT2D eigenvalue weighted by atomic mass is 14.4. The predicted molar refractivity (Wildman–Crippen MR) is 125 cm³/mol. The topological polar surface area (TPSA) is 0 Å². The van der Waals surface area contributed by atoms with Crippen LogP contribution in [0.4, 0.5) is 0 Å². The minimum Gasteiger partial charge on any atom is -0.0451 e. The maximum absolute atomic E-state index is 1.87. The maximum Gasteiger partial charge on any atom is -0.0270 e. The first-order valence-corrected chi connectivity index (χ1v) is 13.2. The van der Waals surface area contributed by atoms with Crippen molar-refractivity contribution in [1.82, 2.24) is 0 Å². The normalized spacial score (nSPS) is 21.6. The lowest BCUT2D eigenvalue weighted by molar-refractivity contribution is 0.626. The monoisotopic (exact) mass is 396 g/mol. The smallest absolute Gasteiger partial charge is 0.0270 e. The van der Waals surface area contributed by atoms with Gasteiger partial charge in [-0.1, -0.05) is 0 Å². The summed E-state index contributed by atoms with van der Waals surface area (Å²) in [5.41, 5.74) is 22.4. The van der Waals surface area contributed by atoms with E-state index in [2.05, 4.69) is 0 Å². The molecule has 6 aliphatic carbocycles. The number of hydrogen-bond acceptors (Lipinski definition) is 0. The Balaban J connectivity index is 1.68. The van der Waals surface area contributed by atoms with Crippen LogP contribution in [0.1, 0.15) is 105 Å². The van der Waals surface area contributed by atoms with Crippen LogP contribution >= 0.6 is 0 Å². The minimum absolute atomic E-state index is 1.36. The summed E-state index contributed by atoms with van der Waals surface area (Å²) in [5.74, 6) is 0. The highest BCUT2D eigenvalue weighted by Crippen LogP contribution is 2.43. The number of fused-ring (bicyclic) bond motifs is 12. The van der Waals surface area contributed by atoms with Gasteiger partial charge in [0.15, 0.2) is 0 Å². The van der Waals surface area contributed by atoms with Crippen molar-refractivity contribution in [3.63, 3.8) is 0 Å². The van der Waals surface area contributed by atoms with Crippen molar-refractivity contribution in [1.29, 1.82) is 0 Å². The van der Waals surface area contributed by atoms with Crippen molar-refractivity contribution in [2.24, 2.45) is 0 Å². The first-order chi connectivity index (χ1) is 14.9. The fourth-order valence-corrected chi connectivity index (χ4v) is 8.46. The molecule has 0 fully saturated rings. The molecule has 0 aliphatic heterocycles. The van der Waals surface area contributed by atoms with E-state index >= 15 is 0 Å². The molecule has 30 heavy (non-hydrogen) atoms. The third-order valence-electron chi connectivity index (χ3n) is 9.49. The third-order valence-corrected chi connectivity index (χ3v) is 9.49. The van der Waals surface area contributed by atoms with Gasteiger partial charge in [-0.3, -0.25) is 0 Å². The molecular weight excluding hydrogens is 360 g/mol. The summed E-state index contributed by atoms with van der Waals surface area (Å²) in [6.45, 7) is 0. The average Bonchev–Trinajstić information content (AvgIpc) is 2.77. The second-order valence-electron chi connectivity index (χ2n) is 10.9. The van der Waals surface area contributed by atoms with Crippen molar-refractivity contribution in [3.05, 3.63) is 66.8 Å². The lowest BCUT2D eigenvalue weighted by atomic mass is 9.69. The van der Waals surface area contributed by atoms with Crippen molar-refractivity contribution < 1.29 is 0 Å². The van der Waals surface area contributed by atoms with E-state index in [1.54, 1.807) is 0 Å². The molecule has 0 atom stereocenters.